The zero-order valence-electron chi connectivity index (χ0n) is 12.7. The Labute approximate surface area is 125 Å². The lowest BCUT2D eigenvalue weighted by Gasteiger charge is -2.11. The molecule has 0 aliphatic rings. The fourth-order valence-electron chi connectivity index (χ4n) is 2.58. The molecule has 112 valence electrons. The van der Waals surface area contributed by atoms with E-state index in [1.807, 2.05) is 45.0 Å². The minimum absolute atomic E-state index is 0.160. The van der Waals surface area contributed by atoms with E-state index in [0.29, 0.717) is 13.0 Å². The molecule has 4 nitrogen and oxygen atoms in total. The van der Waals surface area contributed by atoms with Crippen molar-refractivity contribution in [1.29, 1.82) is 0 Å². The number of carboxylic acid groups (broad SMARTS) is 1. The molecule has 0 saturated heterocycles. The van der Waals surface area contributed by atoms with Crippen LogP contribution in [-0.2, 0) is 11.2 Å². The first kappa shape index (κ1) is 15.2. The van der Waals surface area contributed by atoms with E-state index in [9.17, 15) is 4.79 Å². The number of benzene rings is 1. The number of rotatable bonds is 6. The molecule has 0 fully saturated rings. The zero-order chi connectivity index (χ0) is 15.4. The summed E-state index contributed by atoms with van der Waals surface area (Å²) in [7, 11) is 0. The summed E-state index contributed by atoms with van der Waals surface area (Å²) in [5.41, 5.74) is 4.36. The predicted molar refractivity (Wildman–Crippen MR) is 82.4 cm³/mol. The van der Waals surface area contributed by atoms with Gasteiger partial charge in [-0.2, -0.15) is 0 Å². The highest BCUT2D eigenvalue weighted by atomic mass is 16.5. The molecular formula is C17H21NO3. The quantitative estimate of drug-likeness (QED) is 0.884. The van der Waals surface area contributed by atoms with Crippen molar-refractivity contribution in [3.05, 3.63) is 47.3 Å². The standard InChI is InChI=1S/C17H21NO3/c1-4-21-16-8-6-15(7-9-16)18-12(2)11-14(13(18)3)5-10-17(19)20/h6-9,11H,4-5,10H2,1-3H3,(H,19,20). The minimum atomic E-state index is -0.763. The Hall–Kier alpha value is -2.23. The first-order chi connectivity index (χ1) is 10.0. The molecule has 2 rings (SSSR count). The Morgan fingerprint density at radius 3 is 2.48 bits per heavy atom. The van der Waals surface area contributed by atoms with Crippen molar-refractivity contribution in [2.45, 2.75) is 33.6 Å². The third kappa shape index (κ3) is 3.45. The molecule has 0 aliphatic carbocycles. The van der Waals surface area contributed by atoms with Crippen LogP contribution in [0.15, 0.2) is 30.3 Å². The van der Waals surface area contributed by atoms with Crippen LogP contribution in [0.5, 0.6) is 5.75 Å². The van der Waals surface area contributed by atoms with Gasteiger partial charge in [-0.25, -0.2) is 0 Å². The van der Waals surface area contributed by atoms with Crippen molar-refractivity contribution in [3.8, 4) is 11.4 Å². The lowest BCUT2D eigenvalue weighted by Crippen LogP contribution is -2.01. The van der Waals surface area contributed by atoms with Gasteiger partial charge < -0.3 is 14.4 Å². The molecule has 0 saturated carbocycles. The maximum Gasteiger partial charge on any atom is 0.303 e. The molecule has 0 aliphatic heterocycles. The van der Waals surface area contributed by atoms with Gasteiger partial charge in [0.15, 0.2) is 0 Å². The van der Waals surface area contributed by atoms with Crippen LogP contribution in [0.25, 0.3) is 5.69 Å². The fourth-order valence-corrected chi connectivity index (χ4v) is 2.58. The van der Waals surface area contributed by atoms with E-state index in [1.165, 1.54) is 0 Å². The average molecular weight is 287 g/mol. The number of aliphatic carboxylic acids is 1. The first-order valence-corrected chi connectivity index (χ1v) is 7.15. The fraction of sp³-hybridized carbons (Fsp3) is 0.353. The summed E-state index contributed by atoms with van der Waals surface area (Å²) in [6.45, 7) is 6.68. The van der Waals surface area contributed by atoms with Gasteiger partial charge in [-0.15, -0.1) is 0 Å². The molecule has 1 aromatic carbocycles. The minimum Gasteiger partial charge on any atom is -0.494 e. The van der Waals surface area contributed by atoms with Gasteiger partial charge in [-0.3, -0.25) is 4.79 Å². The van der Waals surface area contributed by atoms with Crippen LogP contribution in [0.3, 0.4) is 0 Å². The number of nitrogens with zero attached hydrogens (tertiary/aromatic N) is 1. The van der Waals surface area contributed by atoms with Crippen LogP contribution in [0.4, 0.5) is 0 Å². The van der Waals surface area contributed by atoms with E-state index in [1.54, 1.807) is 0 Å². The SMILES string of the molecule is CCOc1ccc(-n2c(C)cc(CCC(=O)O)c2C)cc1. The van der Waals surface area contributed by atoms with Gasteiger partial charge in [0.2, 0.25) is 0 Å². The van der Waals surface area contributed by atoms with Crippen LogP contribution in [0, 0.1) is 13.8 Å². The molecule has 0 atom stereocenters. The van der Waals surface area contributed by atoms with Crippen LogP contribution < -0.4 is 4.74 Å². The summed E-state index contributed by atoms with van der Waals surface area (Å²) >= 11 is 0. The molecule has 1 N–H and O–H groups in total. The molecule has 0 bridgehead atoms. The Morgan fingerprint density at radius 2 is 1.90 bits per heavy atom. The van der Waals surface area contributed by atoms with E-state index in [2.05, 4.69) is 10.6 Å². The van der Waals surface area contributed by atoms with E-state index >= 15 is 0 Å². The van der Waals surface area contributed by atoms with Crippen molar-refractivity contribution in [2.75, 3.05) is 6.61 Å². The molecule has 2 aromatic rings. The van der Waals surface area contributed by atoms with Gasteiger partial charge in [0.1, 0.15) is 5.75 Å². The molecule has 0 amide bonds. The van der Waals surface area contributed by atoms with Gasteiger partial charge in [-0.1, -0.05) is 0 Å². The van der Waals surface area contributed by atoms with Crippen molar-refractivity contribution in [1.82, 2.24) is 4.57 Å². The molecule has 4 heteroatoms. The summed E-state index contributed by atoms with van der Waals surface area (Å²) < 4.78 is 7.60. The van der Waals surface area contributed by atoms with Gasteiger partial charge >= 0.3 is 5.97 Å². The van der Waals surface area contributed by atoms with Gasteiger partial charge in [0, 0.05) is 23.5 Å². The monoisotopic (exact) mass is 287 g/mol. The van der Waals surface area contributed by atoms with Crippen molar-refractivity contribution in [2.24, 2.45) is 0 Å². The van der Waals surface area contributed by atoms with Crippen LogP contribution in [-0.4, -0.2) is 22.2 Å². The third-order valence-corrected chi connectivity index (χ3v) is 3.55. The van der Waals surface area contributed by atoms with Gasteiger partial charge in [0.25, 0.3) is 0 Å². The molecular weight excluding hydrogens is 266 g/mol. The van der Waals surface area contributed by atoms with E-state index in [-0.39, 0.29) is 6.42 Å². The third-order valence-electron chi connectivity index (χ3n) is 3.55. The number of hydrogen-bond acceptors (Lipinski definition) is 2. The van der Waals surface area contributed by atoms with E-state index < -0.39 is 5.97 Å². The summed E-state index contributed by atoms with van der Waals surface area (Å²) in [5.74, 6) is 0.0932. The largest absolute Gasteiger partial charge is 0.494 e. The van der Waals surface area contributed by atoms with Crippen molar-refractivity contribution >= 4 is 5.97 Å². The van der Waals surface area contributed by atoms with Crippen LogP contribution in [0.1, 0.15) is 30.3 Å². The lowest BCUT2D eigenvalue weighted by atomic mass is 10.1. The Bertz CT molecular complexity index is 626. The second-order valence-corrected chi connectivity index (χ2v) is 5.05. The first-order valence-electron chi connectivity index (χ1n) is 7.15. The molecule has 0 unspecified atom stereocenters. The summed E-state index contributed by atoms with van der Waals surface area (Å²) in [6.07, 6.45) is 0.722. The number of carboxylic acids is 1. The molecule has 1 heterocycles. The average Bonchev–Trinajstić information content (AvgIpc) is 2.73. The van der Waals surface area contributed by atoms with Crippen molar-refractivity contribution in [3.63, 3.8) is 0 Å². The van der Waals surface area contributed by atoms with Crippen molar-refractivity contribution < 1.29 is 14.6 Å². The number of aryl methyl sites for hydroxylation is 2. The highest BCUT2D eigenvalue weighted by Crippen LogP contribution is 2.23. The smallest absolute Gasteiger partial charge is 0.303 e. The molecule has 21 heavy (non-hydrogen) atoms. The number of ether oxygens (including phenoxy) is 1. The maximum absolute atomic E-state index is 10.7. The highest BCUT2D eigenvalue weighted by Gasteiger charge is 2.11. The Kier molecular flexibility index (Phi) is 4.68. The van der Waals surface area contributed by atoms with Crippen LogP contribution >= 0.6 is 0 Å². The topological polar surface area (TPSA) is 51.5 Å². The molecule has 1 aromatic heterocycles. The summed E-state index contributed by atoms with van der Waals surface area (Å²) in [5, 5.41) is 8.82. The van der Waals surface area contributed by atoms with Gasteiger partial charge in [-0.05, 0) is 63.1 Å². The number of aromatic nitrogens is 1. The summed E-state index contributed by atoms with van der Waals surface area (Å²) in [4.78, 5) is 10.7. The van der Waals surface area contributed by atoms with Gasteiger partial charge in [0.05, 0.1) is 6.61 Å². The second kappa shape index (κ2) is 6.48. The van der Waals surface area contributed by atoms with Crippen LogP contribution in [0.2, 0.25) is 0 Å². The van der Waals surface area contributed by atoms with E-state index in [4.69, 9.17) is 9.84 Å². The maximum atomic E-state index is 10.7. The zero-order valence-corrected chi connectivity index (χ0v) is 12.7. The van der Waals surface area contributed by atoms with E-state index in [0.717, 1.165) is 28.4 Å². The Balaban J connectivity index is 2.28. The number of hydrogen-bond donors (Lipinski definition) is 1. The molecule has 0 radical (unpaired) electrons. The highest BCUT2D eigenvalue weighted by molar-refractivity contribution is 5.67. The molecule has 0 spiro atoms. The summed E-state index contributed by atoms with van der Waals surface area (Å²) in [6, 6.07) is 10.0. The Morgan fingerprint density at radius 1 is 1.24 bits per heavy atom. The predicted octanol–water partition coefficient (Wildman–Crippen LogP) is 3.51. The normalized spacial score (nSPS) is 10.6. The second-order valence-electron chi connectivity index (χ2n) is 5.05. The number of carbonyl (C=O) groups is 1. The lowest BCUT2D eigenvalue weighted by molar-refractivity contribution is -0.136.